The van der Waals surface area contributed by atoms with Crippen LogP contribution in [0.15, 0.2) is 0 Å². The van der Waals surface area contributed by atoms with Crippen LogP contribution in [0.2, 0.25) is 0 Å². The second-order valence-corrected chi connectivity index (χ2v) is 15.5. The number of amides is 2. The average molecular weight is 876 g/mol. The number of aliphatic hydroxyl groups excluding tert-OH is 11. The van der Waals surface area contributed by atoms with E-state index in [4.69, 9.17) is 33.2 Å². The summed E-state index contributed by atoms with van der Waals surface area (Å²) < 4.78 is 38.1. The molecular weight excluding hydrogens is 806 g/mol. The maximum atomic E-state index is 13.2. The lowest BCUT2D eigenvalue weighted by Crippen LogP contribution is -2.68. The van der Waals surface area contributed by atoms with Crippen molar-refractivity contribution < 1.29 is 98.9 Å². The van der Waals surface area contributed by atoms with Crippen LogP contribution in [0.1, 0.15) is 52.4 Å². The topological polar surface area (TPSA) is 357 Å². The fourth-order valence-corrected chi connectivity index (χ4v) is 7.34. The Kier molecular flexibility index (Phi) is 22.8. The molecule has 2 amide bonds. The number of unbranched alkanes of at least 4 members (excludes halogenated alkanes) is 3. The van der Waals surface area contributed by atoms with Crippen LogP contribution in [0, 0.1) is 0 Å². The van der Waals surface area contributed by atoms with Gasteiger partial charge in [-0.1, -0.05) is 19.3 Å². The van der Waals surface area contributed by atoms with Crippen LogP contribution in [0.25, 0.3) is 0 Å². The van der Waals surface area contributed by atoms with E-state index in [1.165, 1.54) is 21.1 Å². The Bertz CT molecular complexity index is 1250. The monoisotopic (exact) mass is 875 g/mol. The third-order valence-electron chi connectivity index (χ3n) is 10.9. The van der Waals surface area contributed by atoms with E-state index >= 15 is 0 Å². The zero-order valence-electron chi connectivity index (χ0n) is 34.5. The number of rotatable bonds is 25. The van der Waals surface area contributed by atoms with Crippen LogP contribution in [0.5, 0.6) is 0 Å². The van der Waals surface area contributed by atoms with Crippen LogP contribution in [-0.4, -0.2) is 238 Å². The van der Waals surface area contributed by atoms with E-state index in [2.05, 4.69) is 16.0 Å². The van der Waals surface area contributed by atoms with Crippen LogP contribution >= 0.6 is 0 Å². The Morgan fingerprint density at radius 2 is 1.35 bits per heavy atom. The van der Waals surface area contributed by atoms with Gasteiger partial charge < -0.3 is 105 Å². The van der Waals surface area contributed by atoms with Crippen molar-refractivity contribution in [3.8, 4) is 0 Å². The van der Waals surface area contributed by atoms with Gasteiger partial charge in [0, 0.05) is 27.7 Å². The smallest absolute Gasteiger partial charge is 0.252 e. The first kappa shape index (κ1) is 52.5. The molecule has 60 heavy (non-hydrogen) atoms. The van der Waals surface area contributed by atoms with Crippen molar-refractivity contribution in [2.24, 2.45) is 0 Å². The molecule has 0 aromatic carbocycles. The molecule has 0 saturated carbocycles. The minimum atomic E-state index is -1.80. The van der Waals surface area contributed by atoms with Gasteiger partial charge in [0.05, 0.1) is 38.1 Å². The highest BCUT2D eigenvalue weighted by molar-refractivity contribution is 5.81. The summed E-state index contributed by atoms with van der Waals surface area (Å²) in [5.74, 6) is -1.11. The maximum absolute atomic E-state index is 13.2. The molecule has 3 aliphatic rings. The quantitative estimate of drug-likeness (QED) is 0.0379. The molecule has 3 rings (SSSR count). The van der Waals surface area contributed by atoms with Crippen LogP contribution in [0.3, 0.4) is 0 Å². The van der Waals surface area contributed by atoms with E-state index in [0.29, 0.717) is 32.4 Å². The van der Waals surface area contributed by atoms with Gasteiger partial charge in [0.25, 0.3) is 5.91 Å². The Morgan fingerprint density at radius 1 is 0.700 bits per heavy atom. The van der Waals surface area contributed by atoms with Gasteiger partial charge in [0.1, 0.15) is 79.4 Å². The molecule has 0 aromatic rings. The highest BCUT2D eigenvalue weighted by Gasteiger charge is 2.52. The Morgan fingerprint density at radius 3 is 2.00 bits per heavy atom. The van der Waals surface area contributed by atoms with Crippen molar-refractivity contribution in [2.45, 2.75) is 169 Å². The van der Waals surface area contributed by atoms with Crippen molar-refractivity contribution >= 4 is 11.8 Å². The molecule has 0 aromatic heterocycles. The molecule has 3 saturated heterocycles. The Hall–Kier alpha value is -1.82. The first-order chi connectivity index (χ1) is 28.5. The second-order valence-electron chi connectivity index (χ2n) is 15.5. The highest BCUT2D eigenvalue weighted by atomic mass is 16.7. The number of hydrogen-bond donors (Lipinski definition) is 14. The van der Waals surface area contributed by atoms with E-state index in [9.17, 15) is 65.8 Å². The molecule has 352 valence electrons. The van der Waals surface area contributed by atoms with Crippen LogP contribution < -0.4 is 16.0 Å². The second kappa shape index (κ2) is 26.1. The molecule has 0 radical (unpaired) electrons. The predicted molar refractivity (Wildman–Crippen MR) is 203 cm³/mol. The molecule has 3 heterocycles. The molecule has 23 nitrogen and oxygen atoms in total. The van der Waals surface area contributed by atoms with Gasteiger partial charge in [-0.3, -0.25) is 9.59 Å². The minimum Gasteiger partial charge on any atom is -0.394 e. The van der Waals surface area contributed by atoms with Crippen LogP contribution in [0.4, 0.5) is 0 Å². The Balaban J connectivity index is 1.32. The van der Waals surface area contributed by atoms with E-state index in [1.54, 1.807) is 6.92 Å². The number of carbonyl (C=O) groups excluding carboxylic acids is 2. The first-order valence-electron chi connectivity index (χ1n) is 20.4. The van der Waals surface area contributed by atoms with E-state index in [-0.39, 0.29) is 19.6 Å². The third-order valence-corrected chi connectivity index (χ3v) is 10.9. The van der Waals surface area contributed by atoms with Crippen molar-refractivity contribution in [3.63, 3.8) is 0 Å². The Labute approximate surface area is 348 Å². The lowest BCUT2D eigenvalue weighted by atomic mass is 9.92. The van der Waals surface area contributed by atoms with Gasteiger partial charge in [-0.05, 0) is 39.3 Å². The summed E-state index contributed by atoms with van der Waals surface area (Å²) in [6.45, 7) is 2.96. The zero-order chi connectivity index (χ0) is 44.7. The number of hydrogen-bond acceptors (Lipinski definition) is 21. The fraction of sp³-hybridized carbons (Fsp3) is 0.946. The van der Waals surface area contributed by atoms with Gasteiger partial charge in [0.15, 0.2) is 18.7 Å². The number of aliphatic hydroxyl groups is 11. The average Bonchev–Trinajstić information content (AvgIpc) is 3.22. The van der Waals surface area contributed by atoms with Crippen molar-refractivity contribution in [3.05, 3.63) is 0 Å². The molecule has 3 fully saturated rings. The maximum Gasteiger partial charge on any atom is 0.252 e. The van der Waals surface area contributed by atoms with Gasteiger partial charge in [-0.2, -0.15) is 0 Å². The van der Waals surface area contributed by atoms with E-state index in [1.807, 2.05) is 0 Å². The normalized spacial score (nSPS) is 36.9. The standard InChI is InChI=1S/C37H69N3O20/c1-17-23(40-18(2)42)32(27(48)21(14-41)57-17)59-37-31(52)29(50)33(55-4)34(60-37)35(53)39-13-9-12-38-11-8-6-5-7-10-19(43)24(45)25(46)20(44)15-56-36-30(51)28(49)26(47)22(58-36)16-54-3/h17,19-34,36-38,41,43-52H,5-16H2,1-4H3,(H,39,53)(H,40,42)/t17-,19?,20?,21?,22?,23?,24-,25-,26-,27-,28+,29-,30?,31?,32-,33+,34?,36+,37-/m1/s1. The SMILES string of the molecule is COCC1O[C@H](OCC(O)[C@@H](O)[C@H](O)C(O)CCCCCCNCCCNC(=O)C2O[C@@H](O[C@@H]3C(NC(C)=O)[C@@H](C)OC(CO)[C@H]3O)C(O)[C@@H](O)[C@@H]2OC)C(O)[C@@H](O)[C@@H]1O. The fourth-order valence-electron chi connectivity index (χ4n) is 7.34. The summed E-state index contributed by atoms with van der Waals surface area (Å²) in [5, 5.41) is 122. The number of methoxy groups -OCH3 is 2. The summed E-state index contributed by atoms with van der Waals surface area (Å²) in [5.41, 5.74) is 0. The summed E-state index contributed by atoms with van der Waals surface area (Å²) in [6.07, 6.45) is -22.5. The molecule has 3 aliphatic heterocycles. The molecule has 0 spiro atoms. The zero-order valence-corrected chi connectivity index (χ0v) is 34.5. The van der Waals surface area contributed by atoms with Gasteiger partial charge in [-0.25, -0.2) is 0 Å². The predicted octanol–water partition coefficient (Wildman–Crippen LogP) is -6.56. The van der Waals surface area contributed by atoms with Gasteiger partial charge >= 0.3 is 0 Å². The summed E-state index contributed by atoms with van der Waals surface area (Å²) >= 11 is 0. The summed E-state index contributed by atoms with van der Waals surface area (Å²) in [6, 6.07) is -0.929. The molecule has 0 aliphatic carbocycles. The highest BCUT2D eigenvalue weighted by Crippen LogP contribution is 2.30. The van der Waals surface area contributed by atoms with Crippen molar-refractivity contribution in [2.75, 3.05) is 53.7 Å². The number of nitrogens with one attached hydrogen (secondary N) is 3. The van der Waals surface area contributed by atoms with E-state index in [0.717, 1.165) is 12.8 Å². The lowest BCUT2D eigenvalue weighted by Gasteiger charge is -2.47. The largest absolute Gasteiger partial charge is 0.394 e. The molecule has 19 atom stereocenters. The first-order valence-corrected chi connectivity index (χ1v) is 20.4. The van der Waals surface area contributed by atoms with Crippen LogP contribution in [-0.2, 0) is 42.7 Å². The van der Waals surface area contributed by atoms with Gasteiger partial charge in [-0.15, -0.1) is 0 Å². The number of carbonyl (C=O) groups is 2. The molecule has 0 bridgehead atoms. The third kappa shape index (κ3) is 14.6. The summed E-state index contributed by atoms with van der Waals surface area (Å²) in [7, 11) is 2.58. The molecule has 8 unspecified atom stereocenters. The molecule has 14 N–H and O–H groups in total. The number of ether oxygens (including phenoxy) is 7. The van der Waals surface area contributed by atoms with Crippen molar-refractivity contribution in [1.82, 2.24) is 16.0 Å². The molecule has 23 heteroatoms. The van der Waals surface area contributed by atoms with Gasteiger partial charge in [0.2, 0.25) is 5.91 Å². The van der Waals surface area contributed by atoms with E-state index < -0.39 is 141 Å². The minimum absolute atomic E-state index is 0.112. The molecular formula is C37H69N3O20. The lowest BCUT2D eigenvalue weighted by molar-refractivity contribution is -0.325. The van der Waals surface area contributed by atoms with Crippen molar-refractivity contribution in [1.29, 1.82) is 0 Å². The summed E-state index contributed by atoms with van der Waals surface area (Å²) in [4.78, 5) is 25.1.